The monoisotopic (exact) mass is 156 g/mol. The Morgan fingerprint density at radius 2 is 1.82 bits per heavy atom. The number of ether oxygens (including phenoxy) is 2. The van der Waals surface area contributed by atoms with Crippen molar-refractivity contribution in [3.05, 3.63) is 23.5 Å². The highest BCUT2D eigenvalue weighted by Gasteiger charge is 2.00. The molecule has 0 rings (SSSR count). The quantitative estimate of drug-likeness (QED) is 0.458. The Hall–Kier alpha value is -0.760. The molecule has 0 aromatic rings. The van der Waals surface area contributed by atoms with Gasteiger partial charge in [-0.15, -0.1) is 0 Å². The summed E-state index contributed by atoms with van der Waals surface area (Å²) in [6.07, 6.45) is 0. The van der Waals surface area contributed by atoms with Crippen LogP contribution in [-0.4, -0.2) is 20.8 Å². The molecule has 0 saturated carbocycles. The third-order valence-electron chi connectivity index (χ3n) is 1.68. The number of methoxy groups -OCH3 is 2. The van der Waals surface area contributed by atoms with E-state index in [4.69, 9.17) is 9.47 Å². The van der Waals surface area contributed by atoms with E-state index in [-0.39, 0.29) is 0 Å². The summed E-state index contributed by atoms with van der Waals surface area (Å²) in [6.45, 7) is 8.30. The largest absolute Gasteiger partial charge is 0.501 e. The second-order valence-corrected chi connectivity index (χ2v) is 2.42. The normalized spacial score (nSPS) is 12.4. The van der Waals surface area contributed by atoms with Gasteiger partial charge in [-0.25, -0.2) is 0 Å². The molecule has 0 saturated heterocycles. The molecule has 0 radical (unpaired) electrons. The van der Waals surface area contributed by atoms with Crippen LogP contribution in [0, 0.1) is 0 Å². The van der Waals surface area contributed by atoms with Crippen LogP contribution >= 0.6 is 0 Å². The lowest BCUT2D eigenvalue weighted by atomic mass is 10.1. The predicted octanol–water partition coefficient (Wildman–Crippen LogP) is 2.13. The Balaban J connectivity index is 4.22. The average Bonchev–Trinajstić information content (AvgIpc) is 2.02. The molecule has 0 aromatic heterocycles. The molecule has 2 heteroatoms. The van der Waals surface area contributed by atoms with Gasteiger partial charge in [0.15, 0.2) is 0 Å². The lowest BCUT2D eigenvalue weighted by molar-refractivity contribution is 0.225. The third kappa shape index (κ3) is 3.23. The summed E-state index contributed by atoms with van der Waals surface area (Å²) >= 11 is 0. The van der Waals surface area contributed by atoms with E-state index in [9.17, 15) is 0 Å². The molecule has 0 aromatic carbocycles. The molecule has 2 nitrogen and oxygen atoms in total. The molecule has 0 aliphatic carbocycles. The van der Waals surface area contributed by atoms with Crippen LogP contribution in [0.5, 0.6) is 0 Å². The summed E-state index contributed by atoms with van der Waals surface area (Å²) < 4.78 is 9.97. The van der Waals surface area contributed by atoms with Gasteiger partial charge in [0.25, 0.3) is 0 Å². The molecule has 11 heavy (non-hydrogen) atoms. The zero-order valence-corrected chi connectivity index (χ0v) is 7.73. The first-order valence-corrected chi connectivity index (χ1v) is 3.52. The van der Waals surface area contributed by atoms with Crippen molar-refractivity contribution in [3.63, 3.8) is 0 Å². The first-order valence-electron chi connectivity index (χ1n) is 3.52. The van der Waals surface area contributed by atoms with Gasteiger partial charge >= 0.3 is 0 Å². The van der Waals surface area contributed by atoms with Crippen LogP contribution in [0.3, 0.4) is 0 Å². The molecule has 0 aliphatic rings. The topological polar surface area (TPSA) is 18.5 Å². The van der Waals surface area contributed by atoms with Gasteiger partial charge in [-0.05, 0) is 25.0 Å². The Morgan fingerprint density at radius 3 is 2.18 bits per heavy atom. The Morgan fingerprint density at radius 1 is 1.27 bits per heavy atom. The van der Waals surface area contributed by atoms with Gasteiger partial charge in [0, 0.05) is 7.11 Å². The van der Waals surface area contributed by atoms with E-state index in [1.54, 1.807) is 14.2 Å². The Kier molecular flexibility index (Phi) is 4.62. The van der Waals surface area contributed by atoms with Crippen molar-refractivity contribution in [3.8, 4) is 0 Å². The van der Waals surface area contributed by atoms with Crippen LogP contribution in [0.1, 0.15) is 13.8 Å². The minimum absolute atomic E-state index is 0.562. The minimum Gasteiger partial charge on any atom is -0.501 e. The van der Waals surface area contributed by atoms with Gasteiger partial charge < -0.3 is 9.47 Å². The van der Waals surface area contributed by atoms with E-state index in [0.29, 0.717) is 6.61 Å². The summed E-state index contributed by atoms with van der Waals surface area (Å²) in [6, 6.07) is 0. The predicted molar refractivity (Wildman–Crippen MR) is 46.4 cm³/mol. The van der Waals surface area contributed by atoms with Gasteiger partial charge in [0.2, 0.25) is 0 Å². The van der Waals surface area contributed by atoms with Crippen LogP contribution in [0.25, 0.3) is 0 Å². The maximum absolute atomic E-state index is 5.04. The van der Waals surface area contributed by atoms with E-state index in [0.717, 1.165) is 16.9 Å². The zero-order valence-electron chi connectivity index (χ0n) is 7.73. The molecule has 0 aliphatic heterocycles. The first kappa shape index (κ1) is 10.2. The molecule has 0 heterocycles. The lowest BCUT2D eigenvalue weighted by Gasteiger charge is -2.08. The fourth-order valence-electron chi connectivity index (χ4n) is 0.685. The van der Waals surface area contributed by atoms with Crippen LogP contribution in [0.15, 0.2) is 23.5 Å². The summed E-state index contributed by atoms with van der Waals surface area (Å²) in [4.78, 5) is 0. The van der Waals surface area contributed by atoms with E-state index < -0.39 is 0 Å². The van der Waals surface area contributed by atoms with Crippen molar-refractivity contribution >= 4 is 0 Å². The summed E-state index contributed by atoms with van der Waals surface area (Å²) in [5.41, 5.74) is 2.03. The molecule has 0 unspecified atom stereocenters. The third-order valence-corrected chi connectivity index (χ3v) is 1.68. The van der Waals surface area contributed by atoms with Gasteiger partial charge in [-0.1, -0.05) is 6.58 Å². The number of allylic oxidation sites excluding steroid dienone is 1. The summed E-state index contributed by atoms with van der Waals surface area (Å²) in [5, 5.41) is 0. The highest BCUT2D eigenvalue weighted by molar-refractivity contribution is 5.28. The maximum atomic E-state index is 5.04. The zero-order chi connectivity index (χ0) is 8.85. The van der Waals surface area contributed by atoms with Crippen molar-refractivity contribution in [1.82, 2.24) is 0 Å². The number of hydrogen-bond donors (Lipinski definition) is 0. The fraction of sp³-hybridized carbons (Fsp3) is 0.556. The van der Waals surface area contributed by atoms with Gasteiger partial charge in [-0.2, -0.15) is 0 Å². The van der Waals surface area contributed by atoms with Gasteiger partial charge in [0.05, 0.1) is 19.5 Å². The van der Waals surface area contributed by atoms with Crippen molar-refractivity contribution in [2.45, 2.75) is 13.8 Å². The molecule has 64 valence electrons. The van der Waals surface area contributed by atoms with Crippen LogP contribution in [-0.2, 0) is 9.47 Å². The van der Waals surface area contributed by atoms with Crippen LogP contribution < -0.4 is 0 Å². The van der Waals surface area contributed by atoms with E-state index >= 15 is 0 Å². The highest BCUT2D eigenvalue weighted by Crippen LogP contribution is 2.12. The standard InChI is InChI=1S/C9H16O2/c1-7(6-10-4)8(2)9(3)11-5/h1,6H2,2-5H3/b9-8+. The summed E-state index contributed by atoms with van der Waals surface area (Å²) in [7, 11) is 3.31. The Bertz CT molecular complexity index is 168. The van der Waals surface area contributed by atoms with Crippen molar-refractivity contribution in [2.24, 2.45) is 0 Å². The number of hydrogen-bond acceptors (Lipinski definition) is 2. The molecule has 0 fully saturated rings. The summed E-state index contributed by atoms with van der Waals surface area (Å²) in [5.74, 6) is 0.895. The smallest absolute Gasteiger partial charge is 0.0956 e. The van der Waals surface area contributed by atoms with Crippen LogP contribution in [0.4, 0.5) is 0 Å². The Labute approximate surface area is 68.5 Å². The fourth-order valence-corrected chi connectivity index (χ4v) is 0.685. The van der Waals surface area contributed by atoms with E-state index in [1.165, 1.54) is 0 Å². The molecule has 0 N–H and O–H groups in total. The van der Waals surface area contributed by atoms with Crippen molar-refractivity contribution in [1.29, 1.82) is 0 Å². The second kappa shape index (κ2) is 4.97. The van der Waals surface area contributed by atoms with Crippen LogP contribution in [0.2, 0.25) is 0 Å². The molecule has 0 atom stereocenters. The minimum atomic E-state index is 0.562. The molecular weight excluding hydrogens is 140 g/mol. The van der Waals surface area contributed by atoms with Gasteiger partial charge in [-0.3, -0.25) is 0 Å². The molecule has 0 amide bonds. The molecular formula is C9H16O2. The SMILES string of the molecule is C=C(COC)/C(C)=C(\C)OC. The molecule has 0 bridgehead atoms. The lowest BCUT2D eigenvalue weighted by Crippen LogP contribution is -1.97. The first-order chi connectivity index (χ1) is 5.13. The highest BCUT2D eigenvalue weighted by atomic mass is 16.5. The van der Waals surface area contributed by atoms with Crippen molar-refractivity contribution < 1.29 is 9.47 Å². The van der Waals surface area contributed by atoms with E-state index in [2.05, 4.69) is 6.58 Å². The van der Waals surface area contributed by atoms with Crippen molar-refractivity contribution in [2.75, 3.05) is 20.8 Å². The second-order valence-electron chi connectivity index (χ2n) is 2.42. The van der Waals surface area contributed by atoms with Gasteiger partial charge in [0.1, 0.15) is 0 Å². The molecule has 0 spiro atoms. The maximum Gasteiger partial charge on any atom is 0.0956 e. The average molecular weight is 156 g/mol. The van der Waals surface area contributed by atoms with E-state index in [1.807, 2.05) is 13.8 Å². The number of rotatable bonds is 4.